The lowest BCUT2D eigenvalue weighted by Crippen LogP contribution is -2.44. The van der Waals surface area contributed by atoms with Gasteiger partial charge in [0.2, 0.25) is 11.8 Å². The van der Waals surface area contributed by atoms with Gasteiger partial charge < -0.3 is 16.4 Å². The lowest BCUT2D eigenvalue weighted by Gasteiger charge is -2.20. The molecule has 6 nitrogen and oxygen atoms in total. The van der Waals surface area contributed by atoms with Crippen molar-refractivity contribution >= 4 is 36.6 Å². The SMILES string of the molecule is CC1CC(NC(=O)CNC(=O)CN)CN1Cc1ccccc1.Cl.Cl. The first-order chi connectivity index (χ1) is 10.6. The molecule has 24 heavy (non-hydrogen) atoms. The highest BCUT2D eigenvalue weighted by Gasteiger charge is 2.29. The van der Waals surface area contributed by atoms with E-state index < -0.39 is 0 Å². The molecule has 1 aliphatic heterocycles. The molecule has 8 heteroatoms. The van der Waals surface area contributed by atoms with Crippen molar-refractivity contribution in [2.75, 3.05) is 19.6 Å². The third-order valence-corrected chi connectivity index (χ3v) is 3.93. The normalized spacial score (nSPS) is 19.8. The summed E-state index contributed by atoms with van der Waals surface area (Å²) in [5, 5.41) is 5.45. The van der Waals surface area contributed by atoms with Crippen LogP contribution >= 0.6 is 24.8 Å². The fourth-order valence-corrected chi connectivity index (χ4v) is 2.77. The van der Waals surface area contributed by atoms with Gasteiger partial charge in [-0.1, -0.05) is 30.3 Å². The minimum atomic E-state index is -0.319. The Bertz CT molecular complexity index is 516. The van der Waals surface area contributed by atoms with Gasteiger partial charge in [-0.3, -0.25) is 14.5 Å². The molecule has 0 saturated carbocycles. The Morgan fingerprint density at radius 2 is 1.88 bits per heavy atom. The first-order valence-corrected chi connectivity index (χ1v) is 7.62. The second-order valence-corrected chi connectivity index (χ2v) is 5.75. The topological polar surface area (TPSA) is 87.5 Å². The molecule has 2 rings (SSSR count). The van der Waals surface area contributed by atoms with E-state index in [1.165, 1.54) is 5.56 Å². The number of amides is 2. The van der Waals surface area contributed by atoms with Crippen LogP contribution in [0.4, 0.5) is 0 Å². The van der Waals surface area contributed by atoms with Crippen molar-refractivity contribution in [3.63, 3.8) is 0 Å². The van der Waals surface area contributed by atoms with Gasteiger partial charge in [0.25, 0.3) is 0 Å². The number of likely N-dealkylation sites (tertiary alicyclic amines) is 1. The predicted molar refractivity (Wildman–Crippen MR) is 99.4 cm³/mol. The highest BCUT2D eigenvalue weighted by atomic mass is 35.5. The summed E-state index contributed by atoms with van der Waals surface area (Å²) in [7, 11) is 0. The Hall–Kier alpha value is -1.34. The summed E-state index contributed by atoms with van der Waals surface area (Å²) in [4.78, 5) is 25.2. The van der Waals surface area contributed by atoms with Crippen LogP contribution < -0.4 is 16.4 Å². The monoisotopic (exact) mass is 376 g/mol. The molecule has 0 spiro atoms. The number of carbonyl (C=O) groups is 2. The maximum Gasteiger partial charge on any atom is 0.239 e. The molecule has 0 radical (unpaired) electrons. The highest BCUT2D eigenvalue weighted by Crippen LogP contribution is 2.20. The number of nitrogens with one attached hydrogen (secondary N) is 2. The predicted octanol–water partition coefficient (Wildman–Crippen LogP) is 0.684. The van der Waals surface area contributed by atoms with E-state index in [1.807, 2.05) is 18.2 Å². The maximum atomic E-state index is 11.8. The van der Waals surface area contributed by atoms with Gasteiger partial charge in [0.1, 0.15) is 0 Å². The molecule has 2 atom stereocenters. The lowest BCUT2D eigenvalue weighted by atomic mass is 10.2. The molecule has 0 aliphatic carbocycles. The van der Waals surface area contributed by atoms with E-state index in [0.29, 0.717) is 6.04 Å². The van der Waals surface area contributed by atoms with Crippen molar-refractivity contribution in [2.45, 2.75) is 32.0 Å². The standard InChI is InChI=1S/C16H24N4O2.2ClH/c1-12-7-14(19-16(22)9-18-15(21)8-17)11-20(12)10-13-5-3-2-4-6-13;;/h2-6,12,14H,7-11,17H2,1H3,(H,18,21)(H,19,22);2*1H. The van der Waals surface area contributed by atoms with E-state index in [1.54, 1.807) is 0 Å². The number of halogens is 2. The molecule has 0 aromatic heterocycles. The molecule has 1 fully saturated rings. The van der Waals surface area contributed by atoms with Crippen LogP contribution in [-0.4, -0.2) is 48.4 Å². The third kappa shape index (κ3) is 7.05. The van der Waals surface area contributed by atoms with Crippen LogP contribution in [0.2, 0.25) is 0 Å². The van der Waals surface area contributed by atoms with Crippen molar-refractivity contribution in [3.05, 3.63) is 35.9 Å². The van der Waals surface area contributed by atoms with Gasteiger partial charge >= 0.3 is 0 Å². The van der Waals surface area contributed by atoms with E-state index in [2.05, 4.69) is 34.6 Å². The largest absolute Gasteiger partial charge is 0.350 e. The average Bonchev–Trinajstić information content (AvgIpc) is 2.85. The number of nitrogens with two attached hydrogens (primary N) is 1. The van der Waals surface area contributed by atoms with Crippen LogP contribution in [0.25, 0.3) is 0 Å². The van der Waals surface area contributed by atoms with Crippen molar-refractivity contribution in [2.24, 2.45) is 5.73 Å². The van der Waals surface area contributed by atoms with Gasteiger partial charge in [-0.2, -0.15) is 0 Å². The first kappa shape index (κ1) is 22.7. The summed E-state index contributed by atoms with van der Waals surface area (Å²) in [6, 6.07) is 10.9. The summed E-state index contributed by atoms with van der Waals surface area (Å²) >= 11 is 0. The van der Waals surface area contributed by atoms with Crippen LogP contribution in [0.3, 0.4) is 0 Å². The second-order valence-electron chi connectivity index (χ2n) is 5.75. The van der Waals surface area contributed by atoms with Crippen LogP contribution in [0.1, 0.15) is 18.9 Å². The molecule has 2 unspecified atom stereocenters. The molecule has 1 aromatic carbocycles. The van der Waals surface area contributed by atoms with Gasteiger partial charge in [0.05, 0.1) is 13.1 Å². The molecule has 2 amide bonds. The third-order valence-electron chi connectivity index (χ3n) is 3.93. The summed E-state index contributed by atoms with van der Waals surface area (Å²) in [6.07, 6.45) is 0.920. The average molecular weight is 377 g/mol. The Labute approximate surface area is 155 Å². The van der Waals surface area contributed by atoms with Crippen molar-refractivity contribution in [1.29, 1.82) is 0 Å². The van der Waals surface area contributed by atoms with Gasteiger partial charge in [0, 0.05) is 25.2 Å². The molecule has 136 valence electrons. The molecule has 0 bridgehead atoms. The number of hydrogen-bond donors (Lipinski definition) is 3. The van der Waals surface area contributed by atoms with E-state index in [0.717, 1.165) is 19.5 Å². The summed E-state index contributed by atoms with van der Waals surface area (Å²) in [6.45, 7) is 3.77. The van der Waals surface area contributed by atoms with E-state index in [4.69, 9.17) is 5.73 Å². The van der Waals surface area contributed by atoms with Gasteiger partial charge in [-0.15, -0.1) is 24.8 Å². The fourth-order valence-electron chi connectivity index (χ4n) is 2.77. The van der Waals surface area contributed by atoms with Gasteiger partial charge in [-0.25, -0.2) is 0 Å². The zero-order chi connectivity index (χ0) is 15.9. The number of rotatable bonds is 6. The van der Waals surface area contributed by atoms with E-state index in [-0.39, 0.29) is 55.8 Å². The molecule has 1 aromatic rings. The van der Waals surface area contributed by atoms with Crippen molar-refractivity contribution < 1.29 is 9.59 Å². The molecule has 1 saturated heterocycles. The molecule has 1 heterocycles. The summed E-state index contributed by atoms with van der Waals surface area (Å²) < 4.78 is 0. The van der Waals surface area contributed by atoms with Crippen molar-refractivity contribution in [3.8, 4) is 0 Å². The van der Waals surface area contributed by atoms with E-state index in [9.17, 15) is 9.59 Å². The Kier molecular flexibility index (Phi) is 10.6. The van der Waals surface area contributed by atoms with Crippen LogP contribution in [0.5, 0.6) is 0 Å². The Morgan fingerprint density at radius 1 is 1.21 bits per heavy atom. The Balaban J connectivity index is 0.00000264. The fraction of sp³-hybridized carbons (Fsp3) is 0.500. The van der Waals surface area contributed by atoms with Gasteiger partial charge in [-0.05, 0) is 18.9 Å². The van der Waals surface area contributed by atoms with Gasteiger partial charge in [0.15, 0.2) is 0 Å². The Morgan fingerprint density at radius 3 is 2.50 bits per heavy atom. The molecular formula is C16H26Cl2N4O2. The van der Waals surface area contributed by atoms with Crippen molar-refractivity contribution in [1.82, 2.24) is 15.5 Å². The van der Waals surface area contributed by atoms with Crippen LogP contribution in [0, 0.1) is 0 Å². The summed E-state index contributed by atoms with van der Waals surface area (Å²) in [5.41, 5.74) is 6.46. The molecular weight excluding hydrogens is 351 g/mol. The molecule has 4 N–H and O–H groups in total. The van der Waals surface area contributed by atoms with E-state index >= 15 is 0 Å². The maximum absolute atomic E-state index is 11.8. The minimum Gasteiger partial charge on any atom is -0.350 e. The zero-order valence-electron chi connectivity index (χ0n) is 13.7. The highest BCUT2D eigenvalue weighted by molar-refractivity contribution is 5.86. The first-order valence-electron chi connectivity index (χ1n) is 7.62. The number of benzene rings is 1. The number of carbonyl (C=O) groups excluding carboxylic acids is 2. The lowest BCUT2D eigenvalue weighted by molar-refractivity contribution is -0.125. The smallest absolute Gasteiger partial charge is 0.239 e. The zero-order valence-corrected chi connectivity index (χ0v) is 15.4. The number of hydrogen-bond acceptors (Lipinski definition) is 4. The van der Waals surface area contributed by atoms with Crippen LogP contribution in [-0.2, 0) is 16.1 Å². The minimum absolute atomic E-state index is 0. The van der Waals surface area contributed by atoms with Crippen LogP contribution in [0.15, 0.2) is 30.3 Å². The quantitative estimate of drug-likeness (QED) is 0.681. The summed E-state index contributed by atoms with van der Waals surface area (Å²) in [5.74, 6) is -0.485. The second kappa shape index (κ2) is 11.3. The number of nitrogens with zero attached hydrogens (tertiary/aromatic N) is 1. The molecule has 1 aliphatic rings.